The summed E-state index contributed by atoms with van der Waals surface area (Å²) in [7, 11) is 0. The van der Waals surface area contributed by atoms with E-state index in [-0.39, 0.29) is 11.9 Å². The molecule has 4 heteroatoms. The lowest BCUT2D eigenvalue weighted by Crippen LogP contribution is -2.39. The summed E-state index contributed by atoms with van der Waals surface area (Å²) in [6, 6.07) is 4.38. The van der Waals surface area contributed by atoms with Gasteiger partial charge < -0.3 is 10.1 Å². The molecule has 1 aromatic rings. The molecule has 0 saturated carbocycles. The third kappa shape index (κ3) is 1.87. The largest absolute Gasteiger partial charge is 0.487 e. The molecule has 0 saturated heterocycles. The Hall–Kier alpha value is -1.58. The Morgan fingerprint density at radius 2 is 2.31 bits per heavy atom. The van der Waals surface area contributed by atoms with Gasteiger partial charge in [-0.2, -0.15) is 0 Å². The van der Waals surface area contributed by atoms with Crippen LogP contribution < -0.4 is 10.1 Å². The number of rotatable bonds is 2. The van der Waals surface area contributed by atoms with Gasteiger partial charge in [0, 0.05) is 6.42 Å². The Morgan fingerprint density at radius 3 is 3.00 bits per heavy atom. The van der Waals surface area contributed by atoms with E-state index in [0.717, 1.165) is 0 Å². The molecule has 0 radical (unpaired) electrons. The molecule has 1 N–H and O–H groups in total. The van der Waals surface area contributed by atoms with Crippen molar-refractivity contribution in [3.05, 3.63) is 29.6 Å². The van der Waals surface area contributed by atoms with Gasteiger partial charge in [-0.05, 0) is 26.0 Å². The highest BCUT2D eigenvalue weighted by Crippen LogP contribution is 2.40. The highest BCUT2D eigenvalue weighted by atomic mass is 19.1. The van der Waals surface area contributed by atoms with E-state index in [1.54, 1.807) is 12.1 Å². The average molecular weight is 223 g/mol. The molecule has 1 aromatic carbocycles. The van der Waals surface area contributed by atoms with Gasteiger partial charge in [-0.3, -0.25) is 4.79 Å². The topological polar surface area (TPSA) is 38.3 Å². The summed E-state index contributed by atoms with van der Waals surface area (Å²) in [5.74, 6) is 0.169. The first-order valence-corrected chi connectivity index (χ1v) is 5.20. The summed E-state index contributed by atoms with van der Waals surface area (Å²) in [6.07, 6.45) is 1.15. The molecule has 1 aliphatic heterocycles. The Morgan fingerprint density at radius 1 is 1.56 bits per heavy atom. The number of carbonyl (C=O) groups excluding carboxylic acids is 1. The molecular weight excluding hydrogens is 209 g/mol. The third-order valence-corrected chi connectivity index (χ3v) is 2.71. The van der Waals surface area contributed by atoms with Crippen molar-refractivity contribution in [2.24, 2.45) is 0 Å². The minimum absolute atomic E-state index is 0.322. The van der Waals surface area contributed by atoms with E-state index in [1.807, 2.05) is 13.8 Å². The van der Waals surface area contributed by atoms with E-state index in [1.165, 1.54) is 6.07 Å². The second-order valence-corrected chi connectivity index (χ2v) is 4.55. The maximum atomic E-state index is 13.7. The maximum absolute atomic E-state index is 13.7. The van der Waals surface area contributed by atoms with E-state index in [2.05, 4.69) is 5.32 Å². The number of nitrogens with one attached hydrogen (secondary N) is 1. The third-order valence-electron chi connectivity index (χ3n) is 2.71. The highest BCUT2D eigenvalue weighted by molar-refractivity contribution is 5.50. The van der Waals surface area contributed by atoms with Gasteiger partial charge in [0.2, 0.25) is 6.41 Å². The lowest BCUT2D eigenvalue weighted by molar-refractivity contribution is -0.110. The molecular formula is C12H14FNO2. The van der Waals surface area contributed by atoms with Crippen molar-refractivity contribution in [3.8, 4) is 5.75 Å². The van der Waals surface area contributed by atoms with Crippen molar-refractivity contribution >= 4 is 6.41 Å². The van der Waals surface area contributed by atoms with Crippen LogP contribution in [0.15, 0.2) is 18.2 Å². The molecule has 1 heterocycles. The minimum atomic E-state index is -0.401. The summed E-state index contributed by atoms with van der Waals surface area (Å²) in [5.41, 5.74) is 0.0375. The SMILES string of the molecule is CC1(C)CC(NC=O)c2c(F)cccc2O1. The van der Waals surface area contributed by atoms with Crippen molar-refractivity contribution in [2.75, 3.05) is 0 Å². The standard InChI is InChI=1S/C12H14FNO2/c1-12(2)6-9(14-7-15)11-8(13)4-3-5-10(11)16-12/h3-5,7,9H,6H2,1-2H3,(H,14,15). The number of amides is 1. The predicted octanol–water partition coefficient (Wildman–Crippen LogP) is 2.17. The van der Waals surface area contributed by atoms with E-state index < -0.39 is 5.60 Å². The van der Waals surface area contributed by atoms with Crippen molar-refractivity contribution in [1.82, 2.24) is 5.32 Å². The fourth-order valence-corrected chi connectivity index (χ4v) is 2.10. The summed E-state index contributed by atoms with van der Waals surface area (Å²) in [6.45, 7) is 3.83. The fraction of sp³-hybridized carbons (Fsp3) is 0.417. The summed E-state index contributed by atoms with van der Waals surface area (Å²) in [5, 5.41) is 2.64. The molecule has 2 rings (SSSR count). The van der Waals surface area contributed by atoms with Gasteiger partial charge in [0.25, 0.3) is 0 Å². The minimum Gasteiger partial charge on any atom is -0.487 e. The van der Waals surface area contributed by atoms with Gasteiger partial charge >= 0.3 is 0 Å². The lowest BCUT2D eigenvalue weighted by Gasteiger charge is -2.37. The Bertz CT molecular complexity index is 417. The van der Waals surface area contributed by atoms with Gasteiger partial charge in [0.05, 0.1) is 11.6 Å². The Balaban J connectivity index is 2.47. The number of benzene rings is 1. The van der Waals surface area contributed by atoms with E-state index >= 15 is 0 Å². The number of fused-ring (bicyclic) bond motifs is 1. The highest BCUT2D eigenvalue weighted by Gasteiger charge is 2.35. The Kier molecular flexibility index (Phi) is 2.58. The van der Waals surface area contributed by atoms with Crippen molar-refractivity contribution < 1.29 is 13.9 Å². The first kappa shape index (κ1) is 10.9. The van der Waals surface area contributed by atoms with Crippen LogP contribution in [0.3, 0.4) is 0 Å². The number of ether oxygens (including phenoxy) is 1. The average Bonchev–Trinajstić information content (AvgIpc) is 2.15. The molecule has 3 nitrogen and oxygen atoms in total. The van der Waals surface area contributed by atoms with Crippen LogP contribution in [-0.2, 0) is 4.79 Å². The molecule has 0 aliphatic carbocycles. The smallest absolute Gasteiger partial charge is 0.207 e. The van der Waals surface area contributed by atoms with Crippen molar-refractivity contribution in [1.29, 1.82) is 0 Å². The van der Waals surface area contributed by atoms with Crippen LogP contribution in [0.5, 0.6) is 5.75 Å². The predicted molar refractivity (Wildman–Crippen MR) is 57.7 cm³/mol. The van der Waals surface area contributed by atoms with Crippen molar-refractivity contribution in [2.45, 2.75) is 31.9 Å². The monoisotopic (exact) mass is 223 g/mol. The molecule has 1 aliphatic rings. The summed E-state index contributed by atoms with van der Waals surface area (Å²) < 4.78 is 19.3. The zero-order chi connectivity index (χ0) is 11.8. The lowest BCUT2D eigenvalue weighted by atomic mass is 9.89. The molecule has 0 aromatic heterocycles. The molecule has 0 spiro atoms. The zero-order valence-electron chi connectivity index (χ0n) is 9.29. The molecule has 86 valence electrons. The van der Waals surface area contributed by atoms with Gasteiger partial charge in [-0.1, -0.05) is 6.07 Å². The summed E-state index contributed by atoms with van der Waals surface area (Å²) >= 11 is 0. The Labute approximate surface area is 93.6 Å². The van der Waals surface area contributed by atoms with Crippen LogP contribution in [0.4, 0.5) is 4.39 Å². The molecule has 1 amide bonds. The molecule has 0 bridgehead atoms. The van der Waals surface area contributed by atoms with Gasteiger partial charge in [0.1, 0.15) is 17.2 Å². The molecule has 16 heavy (non-hydrogen) atoms. The fourth-order valence-electron chi connectivity index (χ4n) is 2.10. The molecule has 1 atom stereocenters. The first-order chi connectivity index (χ1) is 7.53. The number of hydrogen-bond acceptors (Lipinski definition) is 2. The van der Waals surface area contributed by atoms with Crippen LogP contribution in [0, 0.1) is 5.82 Å². The quantitative estimate of drug-likeness (QED) is 0.780. The normalized spacial score (nSPS) is 21.8. The van der Waals surface area contributed by atoms with Crippen LogP contribution in [-0.4, -0.2) is 12.0 Å². The molecule has 1 unspecified atom stereocenters. The van der Waals surface area contributed by atoms with Crippen LogP contribution in [0.25, 0.3) is 0 Å². The molecule has 0 fully saturated rings. The van der Waals surface area contributed by atoms with Gasteiger partial charge in [-0.15, -0.1) is 0 Å². The van der Waals surface area contributed by atoms with Gasteiger partial charge in [-0.25, -0.2) is 4.39 Å². The number of hydrogen-bond donors (Lipinski definition) is 1. The van der Waals surface area contributed by atoms with E-state index in [4.69, 9.17) is 4.74 Å². The maximum Gasteiger partial charge on any atom is 0.207 e. The van der Waals surface area contributed by atoms with Crippen LogP contribution >= 0.6 is 0 Å². The van der Waals surface area contributed by atoms with E-state index in [0.29, 0.717) is 24.1 Å². The van der Waals surface area contributed by atoms with Gasteiger partial charge in [0.15, 0.2) is 0 Å². The number of carbonyl (C=O) groups is 1. The van der Waals surface area contributed by atoms with Crippen LogP contribution in [0.1, 0.15) is 31.9 Å². The summed E-state index contributed by atoms with van der Waals surface area (Å²) in [4.78, 5) is 10.5. The second kappa shape index (κ2) is 3.77. The zero-order valence-corrected chi connectivity index (χ0v) is 9.29. The number of halogens is 1. The van der Waals surface area contributed by atoms with E-state index in [9.17, 15) is 9.18 Å². The first-order valence-electron chi connectivity index (χ1n) is 5.20. The second-order valence-electron chi connectivity index (χ2n) is 4.55. The van der Waals surface area contributed by atoms with Crippen molar-refractivity contribution in [3.63, 3.8) is 0 Å². The van der Waals surface area contributed by atoms with Crippen LogP contribution in [0.2, 0.25) is 0 Å².